The third kappa shape index (κ3) is 4.34. The molecule has 2 N–H and O–H groups in total. The summed E-state index contributed by atoms with van der Waals surface area (Å²) in [6, 6.07) is 4.66. The number of nitrogens with zero attached hydrogens (tertiary/aromatic N) is 2. The molecule has 2 fully saturated rings. The second-order valence-electron chi connectivity index (χ2n) is 7.45. The van der Waals surface area contributed by atoms with Crippen LogP contribution in [0.25, 0.3) is 0 Å². The predicted molar refractivity (Wildman–Crippen MR) is 103 cm³/mol. The largest absolute Gasteiger partial charge is 0.381 e. The van der Waals surface area contributed by atoms with Crippen LogP contribution in [0.15, 0.2) is 23.1 Å². The summed E-state index contributed by atoms with van der Waals surface area (Å²) < 4.78 is 32.6. The summed E-state index contributed by atoms with van der Waals surface area (Å²) in [7, 11) is -3.54. The molecule has 0 spiro atoms. The minimum absolute atomic E-state index is 0.0786. The number of carbonyl (C=O) groups excluding carboxylic acids is 1. The molecule has 1 aromatic carbocycles. The molecule has 1 unspecified atom stereocenters. The smallest absolute Gasteiger partial charge is 0.243 e. The van der Waals surface area contributed by atoms with E-state index in [4.69, 9.17) is 10.5 Å². The van der Waals surface area contributed by atoms with Crippen LogP contribution in [-0.4, -0.2) is 69.0 Å². The lowest BCUT2D eigenvalue weighted by Crippen LogP contribution is -2.56. The van der Waals surface area contributed by atoms with Crippen molar-refractivity contribution in [3.63, 3.8) is 0 Å². The van der Waals surface area contributed by atoms with Gasteiger partial charge in [0.1, 0.15) is 0 Å². The van der Waals surface area contributed by atoms with E-state index in [1.165, 1.54) is 4.31 Å². The normalized spacial score (nSPS) is 21.2. The zero-order valence-electron chi connectivity index (χ0n) is 16.1. The molecule has 2 aliphatic heterocycles. The lowest BCUT2D eigenvalue weighted by Gasteiger charge is -2.37. The quantitative estimate of drug-likeness (QED) is 0.817. The lowest BCUT2D eigenvalue weighted by molar-refractivity contribution is -0.135. The maximum Gasteiger partial charge on any atom is 0.243 e. The van der Waals surface area contributed by atoms with Crippen LogP contribution in [0.3, 0.4) is 0 Å². The maximum atomic E-state index is 12.9. The number of aryl methyl sites for hydroxylation is 2. The van der Waals surface area contributed by atoms with E-state index in [0.717, 1.165) is 24.0 Å². The van der Waals surface area contributed by atoms with Gasteiger partial charge in [-0.25, -0.2) is 8.42 Å². The number of hydrogen-bond acceptors (Lipinski definition) is 5. The van der Waals surface area contributed by atoms with E-state index in [-0.39, 0.29) is 11.8 Å². The Bertz CT molecular complexity index is 782. The van der Waals surface area contributed by atoms with Gasteiger partial charge in [-0.3, -0.25) is 4.79 Å². The highest BCUT2D eigenvalue weighted by Crippen LogP contribution is 2.22. The van der Waals surface area contributed by atoms with Crippen molar-refractivity contribution in [2.45, 2.75) is 37.6 Å². The number of hydrogen-bond donors (Lipinski definition) is 1. The summed E-state index contributed by atoms with van der Waals surface area (Å²) in [4.78, 5) is 14.7. The molecular weight excluding hydrogens is 366 g/mol. The third-order valence-electron chi connectivity index (χ3n) is 5.73. The minimum atomic E-state index is -3.54. The standard InChI is InChI=1S/C19H29N3O4S/c1-14-3-4-17(13-15(14)2)27(24,25)22-9-7-21(8-10-22)19(23)18(20)16-5-11-26-12-6-16/h3-4,13,16,18H,5-12,20H2,1-2H3. The van der Waals surface area contributed by atoms with Gasteiger partial charge in [0.05, 0.1) is 10.9 Å². The molecule has 1 aromatic rings. The molecule has 3 rings (SSSR count). The fraction of sp³-hybridized carbons (Fsp3) is 0.632. The Balaban J connectivity index is 1.62. The molecule has 150 valence electrons. The Morgan fingerprint density at radius 2 is 1.74 bits per heavy atom. The second kappa shape index (κ2) is 8.26. The van der Waals surface area contributed by atoms with Gasteiger partial charge in [0, 0.05) is 39.4 Å². The van der Waals surface area contributed by atoms with Crippen molar-refractivity contribution in [1.82, 2.24) is 9.21 Å². The van der Waals surface area contributed by atoms with Gasteiger partial charge in [0.2, 0.25) is 15.9 Å². The minimum Gasteiger partial charge on any atom is -0.381 e. The Labute approximate surface area is 161 Å². The first-order valence-electron chi connectivity index (χ1n) is 9.50. The summed E-state index contributed by atoms with van der Waals surface area (Å²) in [5.41, 5.74) is 8.20. The molecule has 0 saturated carbocycles. The third-order valence-corrected chi connectivity index (χ3v) is 7.62. The first-order chi connectivity index (χ1) is 12.8. The molecule has 2 saturated heterocycles. The maximum absolute atomic E-state index is 12.9. The van der Waals surface area contributed by atoms with E-state index >= 15 is 0 Å². The van der Waals surface area contributed by atoms with Crippen LogP contribution < -0.4 is 5.73 Å². The summed E-state index contributed by atoms with van der Waals surface area (Å²) in [6.45, 7) is 6.49. The van der Waals surface area contributed by atoms with E-state index in [9.17, 15) is 13.2 Å². The fourth-order valence-corrected chi connectivity index (χ4v) is 5.17. The highest BCUT2D eigenvalue weighted by Gasteiger charge is 2.34. The monoisotopic (exact) mass is 395 g/mol. The molecular formula is C19H29N3O4S. The molecule has 0 aromatic heterocycles. The average molecular weight is 396 g/mol. The van der Waals surface area contributed by atoms with E-state index in [1.807, 2.05) is 19.9 Å². The Morgan fingerprint density at radius 3 is 2.33 bits per heavy atom. The number of benzene rings is 1. The number of piperazine rings is 1. The van der Waals surface area contributed by atoms with Crippen molar-refractivity contribution in [2.75, 3.05) is 39.4 Å². The number of carbonyl (C=O) groups is 1. The van der Waals surface area contributed by atoms with Crippen molar-refractivity contribution in [3.8, 4) is 0 Å². The van der Waals surface area contributed by atoms with Gasteiger partial charge in [-0.1, -0.05) is 6.07 Å². The average Bonchev–Trinajstić information content (AvgIpc) is 2.69. The number of amides is 1. The van der Waals surface area contributed by atoms with Crippen molar-refractivity contribution in [2.24, 2.45) is 11.7 Å². The fourth-order valence-electron chi connectivity index (χ4n) is 3.66. The lowest BCUT2D eigenvalue weighted by atomic mass is 9.91. The highest BCUT2D eigenvalue weighted by molar-refractivity contribution is 7.89. The number of rotatable bonds is 4. The zero-order chi connectivity index (χ0) is 19.6. The van der Waals surface area contributed by atoms with Crippen LogP contribution in [0, 0.1) is 19.8 Å². The van der Waals surface area contributed by atoms with Gasteiger partial charge in [-0.2, -0.15) is 4.31 Å². The SMILES string of the molecule is Cc1ccc(S(=O)(=O)N2CCN(C(=O)C(N)C3CCOCC3)CC2)cc1C. The zero-order valence-corrected chi connectivity index (χ0v) is 16.9. The molecule has 8 heteroatoms. The van der Waals surface area contributed by atoms with Gasteiger partial charge in [0.25, 0.3) is 0 Å². The van der Waals surface area contributed by atoms with Gasteiger partial charge in [-0.15, -0.1) is 0 Å². The highest BCUT2D eigenvalue weighted by atomic mass is 32.2. The Hall–Kier alpha value is -1.48. The van der Waals surface area contributed by atoms with Crippen molar-refractivity contribution < 1.29 is 17.9 Å². The molecule has 27 heavy (non-hydrogen) atoms. The predicted octanol–water partition coefficient (Wildman–Crippen LogP) is 0.890. The van der Waals surface area contributed by atoms with Crippen LogP contribution in [0.4, 0.5) is 0 Å². The van der Waals surface area contributed by atoms with Gasteiger partial charge in [-0.05, 0) is 55.9 Å². The van der Waals surface area contributed by atoms with Crippen molar-refractivity contribution in [1.29, 1.82) is 0 Å². The number of sulfonamides is 1. The summed E-state index contributed by atoms with van der Waals surface area (Å²) in [5, 5.41) is 0. The van der Waals surface area contributed by atoms with Crippen LogP contribution in [0.2, 0.25) is 0 Å². The Kier molecular flexibility index (Phi) is 6.20. The summed E-state index contributed by atoms with van der Waals surface area (Å²) in [6.07, 6.45) is 1.60. The molecule has 7 nitrogen and oxygen atoms in total. The topological polar surface area (TPSA) is 92.9 Å². The van der Waals surface area contributed by atoms with Crippen LogP contribution in [-0.2, 0) is 19.6 Å². The van der Waals surface area contributed by atoms with E-state index in [2.05, 4.69) is 0 Å². The molecule has 0 radical (unpaired) electrons. The van der Waals surface area contributed by atoms with Gasteiger partial charge >= 0.3 is 0 Å². The van der Waals surface area contributed by atoms with E-state index in [0.29, 0.717) is 44.3 Å². The summed E-state index contributed by atoms with van der Waals surface area (Å²) >= 11 is 0. The molecule has 0 bridgehead atoms. The van der Waals surface area contributed by atoms with E-state index < -0.39 is 16.1 Å². The van der Waals surface area contributed by atoms with E-state index in [1.54, 1.807) is 17.0 Å². The number of ether oxygens (including phenoxy) is 1. The van der Waals surface area contributed by atoms with Crippen molar-refractivity contribution in [3.05, 3.63) is 29.3 Å². The Morgan fingerprint density at radius 1 is 1.11 bits per heavy atom. The van der Waals surface area contributed by atoms with Crippen molar-refractivity contribution >= 4 is 15.9 Å². The first kappa shape index (κ1) is 20.3. The van der Waals surface area contributed by atoms with Crippen LogP contribution >= 0.6 is 0 Å². The van der Waals surface area contributed by atoms with Crippen LogP contribution in [0.1, 0.15) is 24.0 Å². The first-order valence-corrected chi connectivity index (χ1v) is 10.9. The summed E-state index contributed by atoms with van der Waals surface area (Å²) in [5.74, 6) is 0.0636. The van der Waals surface area contributed by atoms with Crippen LogP contribution in [0.5, 0.6) is 0 Å². The second-order valence-corrected chi connectivity index (χ2v) is 9.39. The number of nitrogens with two attached hydrogens (primary N) is 1. The molecule has 2 heterocycles. The molecule has 0 aliphatic carbocycles. The molecule has 2 aliphatic rings. The molecule has 1 atom stereocenters. The van der Waals surface area contributed by atoms with Gasteiger partial charge < -0.3 is 15.4 Å². The molecule has 1 amide bonds. The van der Waals surface area contributed by atoms with Gasteiger partial charge in [0.15, 0.2) is 0 Å².